The van der Waals surface area contributed by atoms with Crippen molar-refractivity contribution < 1.29 is 9.13 Å². The second-order valence-electron chi connectivity index (χ2n) is 7.65. The van der Waals surface area contributed by atoms with Crippen LogP contribution in [0.25, 0.3) is 16.8 Å². The Morgan fingerprint density at radius 3 is 2.75 bits per heavy atom. The van der Waals surface area contributed by atoms with Crippen molar-refractivity contribution in [1.82, 2.24) is 14.5 Å². The van der Waals surface area contributed by atoms with Gasteiger partial charge in [-0.05, 0) is 48.8 Å². The van der Waals surface area contributed by atoms with Crippen molar-refractivity contribution in [3.8, 4) is 11.3 Å². The lowest BCUT2D eigenvalue weighted by Gasteiger charge is -2.18. The monoisotopic (exact) mass is 493 g/mol. The van der Waals surface area contributed by atoms with E-state index in [1.165, 1.54) is 6.08 Å². The summed E-state index contributed by atoms with van der Waals surface area (Å²) in [6.07, 6.45) is 10.4. The maximum atomic E-state index is 13.3. The van der Waals surface area contributed by atoms with E-state index >= 15 is 0 Å². The zero-order valence-corrected chi connectivity index (χ0v) is 19.6. The van der Waals surface area contributed by atoms with E-state index in [-0.39, 0.29) is 6.04 Å². The number of nitrogens with zero attached hydrogens (tertiary/aromatic N) is 3. The molecule has 4 rings (SSSR count). The van der Waals surface area contributed by atoms with Crippen LogP contribution in [0.1, 0.15) is 36.5 Å². The van der Waals surface area contributed by atoms with Crippen molar-refractivity contribution in [2.75, 3.05) is 6.61 Å². The van der Waals surface area contributed by atoms with Crippen LogP contribution in [-0.4, -0.2) is 21.1 Å². The van der Waals surface area contributed by atoms with Crippen molar-refractivity contribution in [2.45, 2.75) is 32.4 Å². The average molecular weight is 494 g/mol. The van der Waals surface area contributed by atoms with Crippen molar-refractivity contribution in [2.24, 2.45) is 0 Å². The van der Waals surface area contributed by atoms with E-state index in [1.807, 2.05) is 43.3 Å². The molecule has 32 heavy (non-hydrogen) atoms. The van der Waals surface area contributed by atoms with Gasteiger partial charge in [0.1, 0.15) is 11.7 Å². The molecular formula is C26H25BrFN3O. The Labute approximate surface area is 196 Å². The molecule has 0 amide bonds. The normalized spacial score (nSPS) is 16.0. The lowest BCUT2D eigenvalue weighted by molar-refractivity contribution is 0.0921. The molecule has 4 nitrogen and oxygen atoms in total. The molecule has 0 bridgehead atoms. The van der Waals surface area contributed by atoms with E-state index in [0.29, 0.717) is 13.2 Å². The Morgan fingerprint density at radius 1 is 1.25 bits per heavy atom. The Morgan fingerprint density at radius 2 is 2.03 bits per heavy atom. The minimum absolute atomic E-state index is 0.176. The summed E-state index contributed by atoms with van der Waals surface area (Å²) < 4.78 is 22.8. The van der Waals surface area contributed by atoms with Crippen molar-refractivity contribution in [1.29, 1.82) is 0 Å². The van der Waals surface area contributed by atoms with Gasteiger partial charge in [-0.3, -0.25) is 4.98 Å². The summed E-state index contributed by atoms with van der Waals surface area (Å²) in [5.74, 6) is 0.535. The summed E-state index contributed by atoms with van der Waals surface area (Å²) in [6.45, 7) is 6.39. The minimum Gasteiger partial charge on any atom is -0.375 e. The molecule has 1 aliphatic rings. The fourth-order valence-corrected chi connectivity index (χ4v) is 4.43. The highest BCUT2D eigenvalue weighted by molar-refractivity contribution is 9.10. The van der Waals surface area contributed by atoms with Gasteiger partial charge in [0.05, 0.1) is 30.6 Å². The van der Waals surface area contributed by atoms with E-state index in [2.05, 4.69) is 38.1 Å². The molecule has 0 aliphatic carbocycles. The fraction of sp³-hybridized carbons (Fsp3) is 0.231. The lowest BCUT2D eigenvalue weighted by atomic mass is 10.0. The molecule has 6 heteroatoms. The fourth-order valence-electron chi connectivity index (χ4n) is 4.03. The van der Waals surface area contributed by atoms with Crippen molar-refractivity contribution >= 4 is 21.5 Å². The smallest absolute Gasteiger partial charge is 0.116 e. The maximum Gasteiger partial charge on any atom is 0.116 e. The number of fused-ring (bicyclic) bond motifs is 1. The molecule has 164 valence electrons. The summed E-state index contributed by atoms with van der Waals surface area (Å²) in [5, 5.41) is 0. The minimum atomic E-state index is -0.486. The molecule has 0 unspecified atom stereocenters. The maximum absolute atomic E-state index is 13.3. The molecule has 0 saturated heterocycles. The van der Waals surface area contributed by atoms with Crippen LogP contribution < -0.4 is 0 Å². The first-order valence-corrected chi connectivity index (χ1v) is 11.4. The zero-order chi connectivity index (χ0) is 22.5. The Bertz CT molecular complexity index is 1170. The number of imidazole rings is 1. The summed E-state index contributed by atoms with van der Waals surface area (Å²) in [5.41, 5.74) is 4.85. The zero-order valence-electron chi connectivity index (χ0n) is 18.0. The average Bonchev–Trinajstić information content (AvgIpc) is 3.36. The largest absolute Gasteiger partial charge is 0.375 e. The second kappa shape index (κ2) is 10.2. The molecule has 0 N–H and O–H groups in total. The topological polar surface area (TPSA) is 39.9 Å². The van der Waals surface area contributed by atoms with Crippen molar-refractivity contribution in [3.05, 3.63) is 101 Å². The number of hydrogen-bond acceptors (Lipinski definition) is 3. The summed E-state index contributed by atoms with van der Waals surface area (Å²) >= 11 is 3.58. The lowest BCUT2D eigenvalue weighted by Crippen LogP contribution is -2.13. The first-order valence-electron chi connectivity index (χ1n) is 10.6. The molecule has 0 fully saturated rings. The number of pyridine rings is 1. The van der Waals surface area contributed by atoms with Crippen LogP contribution in [0.15, 0.2) is 83.9 Å². The van der Waals surface area contributed by atoms with Crippen LogP contribution in [-0.2, 0) is 17.8 Å². The van der Waals surface area contributed by atoms with Gasteiger partial charge in [0.2, 0.25) is 0 Å². The first kappa shape index (κ1) is 22.4. The van der Waals surface area contributed by atoms with Gasteiger partial charge >= 0.3 is 0 Å². The third-order valence-corrected chi connectivity index (χ3v) is 6.33. The van der Waals surface area contributed by atoms with Crippen LogP contribution in [0.5, 0.6) is 0 Å². The molecule has 1 aromatic carbocycles. The predicted molar refractivity (Wildman–Crippen MR) is 130 cm³/mol. The first-order chi connectivity index (χ1) is 15.6. The molecule has 1 aliphatic heterocycles. The van der Waals surface area contributed by atoms with Gasteiger partial charge in [0.25, 0.3) is 0 Å². The third kappa shape index (κ3) is 4.81. The summed E-state index contributed by atoms with van der Waals surface area (Å²) in [6, 6.07) is 12.2. The van der Waals surface area contributed by atoms with Crippen molar-refractivity contribution in [3.63, 3.8) is 0 Å². The number of halogens is 2. The summed E-state index contributed by atoms with van der Waals surface area (Å²) in [7, 11) is 0. The van der Waals surface area contributed by atoms with Crippen LogP contribution in [0.3, 0.4) is 0 Å². The van der Waals surface area contributed by atoms with Gasteiger partial charge in [-0.2, -0.15) is 0 Å². The number of hydrogen-bond donors (Lipinski definition) is 0. The molecular weight excluding hydrogens is 469 g/mol. The predicted octanol–water partition coefficient (Wildman–Crippen LogP) is 6.85. The quantitative estimate of drug-likeness (QED) is 0.322. The Balaban J connectivity index is 1.66. The van der Waals surface area contributed by atoms with E-state index in [1.54, 1.807) is 18.5 Å². The number of aromatic nitrogens is 3. The molecule has 2 aromatic heterocycles. The number of ether oxygens (including phenoxy) is 1. The molecule has 3 aromatic rings. The van der Waals surface area contributed by atoms with E-state index in [9.17, 15) is 4.39 Å². The third-order valence-electron chi connectivity index (χ3n) is 5.56. The molecule has 1 atom stereocenters. The Kier molecular flexibility index (Phi) is 7.12. The van der Waals surface area contributed by atoms with E-state index in [4.69, 9.17) is 9.72 Å². The summed E-state index contributed by atoms with van der Waals surface area (Å²) in [4.78, 5) is 9.12. The van der Waals surface area contributed by atoms with Crippen LogP contribution in [0.2, 0.25) is 0 Å². The van der Waals surface area contributed by atoms with E-state index in [0.717, 1.165) is 51.2 Å². The molecule has 0 spiro atoms. The number of benzene rings is 1. The molecule has 0 radical (unpaired) electrons. The number of rotatable bonds is 8. The van der Waals surface area contributed by atoms with Crippen LogP contribution in [0, 0.1) is 0 Å². The van der Waals surface area contributed by atoms with Gasteiger partial charge < -0.3 is 9.30 Å². The number of aryl methyl sites for hydroxylation is 1. The second-order valence-corrected chi connectivity index (χ2v) is 8.51. The van der Waals surface area contributed by atoms with Gasteiger partial charge in [0, 0.05) is 28.9 Å². The van der Waals surface area contributed by atoms with Crippen LogP contribution >= 0.6 is 15.9 Å². The molecule has 0 saturated carbocycles. The number of allylic oxidation sites excluding steroid dienone is 5. The highest BCUT2D eigenvalue weighted by Crippen LogP contribution is 2.38. The highest BCUT2D eigenvalue weighted by atomic mass is 79.9. The van der Waals surface area contributed by atoms with Gasteiger partial charge in [-0.25, -0.2) is 9.37 Å². The van der Waals surface area contributed by atoms with E-state index < -0.39 is 5.83 Å². The Hall–Kier alpha value is -2.83. The van der Waals surface area contributed by atoms with Gasteiger partial charge in [0.15, 0.2) is 0 Å². The standard InChI is InChI=1S/C26H25BrFN3O/c1-3-19(9-8-18(2)28)25-26(20-12-14-29-15-13-20)31-22(10-11-24(31)30-25)17-32-16-21-6-4-5-7-23(21)27/h3-9,12-15,22H,2,10-11,16-17H2,1H3/b9-8-,19-3+/t22-/m0/s1. The van der Waals surface area contributed by atoms with Crippen LogP contribution in [0.4, 0.5) is 4.39 Å². The molecule has 3 heterocycles. The SMILES string of the molecule is C=C(F)/C=C\C(=C/C)c1nc2n(c1-c1ccncc1)[C@H](COCc1ccccc1Br)CC2. The highest BCUT2D eigenvalue weighted by Gasteiger charge is 2.30. The van der Waals surface area contributed by atoms with Gasteiger partial charge in [-0.15, -0.1) is 0 Å². The van der Waals surface area contributed by atoms with Gasteiger partial charge in [-0.1, -0.05) is 52.9 Å².